The average Bonchev–Trinajstić information content (AvgIpc) is 2.85. The maximum atomic E-state index is 12.1. The third-order valence-electron chi connectivity index (χ3n) is 4.09. The minimum atomic E-state index is -0.183. The topological polar surface area (TPSA) is 44.4 Å². The van der Waals surface area contributed by atoms with E-state index in [2.05, 4.69) is 29.5 Å². The van der Waals surface area contributed by atoms with Crippen molar-refractivity contribution in [3.05, 3.63) is 0 Å². The minimum Gasteiger partial charge on any atom is -0.354 e. The second-order valence-corrected chi connectivity index (χ2v) is 5.47. The van der Waals surface area contributed by atoms with Crippen molar-refractivity contribution in [3.63, 3.8) is 0 Å². The van der Waals surface area contributed by atoms with Crippen molar-refractivity contribution in [2.75, 3.05) is 33.2 Å². The molecule has 108 valence electrons. The molecule has 2 fully saturated rings. The summed E-state index contributed by atoms with van der Waals surface area (Å²) in [7, 11) is 2.14. The Labute approximate surface area is 122 Å². The molecule has 0 bridgehead atoms. The summed E-state index contributed by atoms with van der Waals surface area (Å²) in [4.78, 5) is 14.4. The summed E-state index contributed by atoms with van der Waals surface area (Å²) in [6.07, 6.45) is 3.43. The number of carbonyl (C=O) groups excluding carboxylic acids is 1. The molecule has 2 aliphatic heterocycles. The number of hydrogen-bond acceptors (Lipinski definition) is 3. The molecular formula is C12H25Cl2N3O. The van der Waals surface area contributed by atoms with Crippen LogP contribution >= 0.6 is 24.8 Å². The Hall–Kier alpha value is -0.0300. The predicted octanol–water partition coefficient (Wildman–Crippen LogP) is 1.04. The van der Waals surface area contributed by atoms with Gasteiger partial charge < -0.3 is 15.5 Å². The van der Waals surface area contributed by atoms with Gasteiger partial charge in [-0.25, -0.2) is 0 Å². The smallest absolute Gasteiger partial charge is 0.227 e. The molecule has 0 spiro atoms. The van der Waals surface area contributed by atoms with Crippen LogP contribution in [0.15, 0.2) is 0 Å². The fourth-order valence-electron chi connectivity index (χ4n) is 2.67. The van der Waals surface area contributed by atoms with Crippen LogP contribution in [0.1, 0.15) is 26.2 Å². The Kier molecular flexibility index (Phi) is 7.52. The van der Waals surface area contributed by atoms with Crippen LogP contribution in [-0.2, 0) is 4.79 Å². The van der Waals surface area contributed by atoms with Crippen LogP contribution in [0.2, 0.25) is 0 Å². The van der Waals surface area contributed by atoms with E-state index >= 15 is 0 Å². The second-order valence-electron chi connectivity index (χ2n) is 5.47. The van der Waals surface area contributed by atoms with E-state index in [-0.39, 0.29) is 36.1 Å². The quantitative estimate of drug-likeness (QED) is 0.818. The van der Waals surface area contributed by atoms with Gasteiger partial charge in [0.1, 0.15) is 0 Å². The van der Waals surface area contributed by atoms with Crippen molar-refractivity contribution in [3.8, 4) is 0 Å². The highest BCUT2D eigenvalue weighted by atomic mass is 35.5. The zero-order valence-corrected chi connectivity index (χ0v) is 12.8. The number of hydrogen-bond donors (Lipinski definition) is 2. The molecule has 0 aromatic carbocycles. The molecule has 0 saturated carbocycles. The minimum absolute atomic E-state index is 0. The summed E-state index contributed by atoms with van der Waals surface area (Å²) in [6.45, 7) is 5.82. The van der Waals surface area contributed by atoms with E-state index in [1.807, 2.05) is 0 Å². The van der Waals surface area contributed by atoms with E-state index in [1.165, 1.54) is 19.4 Å². The summed E-state index contributed by atoms with van der Waals surface area (Å²) in [6, 6.07) is 0.543. The third-order valence-corrected chi connectivity index (χ3v) is 4.09. The largest absolute Gasteiger partial charge is 0.354 e. The molecule has 2 heterocycles. The van der Waals surface area contributed by atoms with Crippen molar-refractivity contribution in [2.24, 2.45) is 5.41 Å². The van der Waals surface area contributed by atoms with Gasteiger partial charge in [-0.2, -0.15) is 0 Å². The molecule has 4 nitrogen and oxygen atoms in total. The van der Waals surface area contributed by atoms with Gasteiger partial charge in [0.05, 0.1) is 5.41 Å². The predicted molar refractivity (Wildman–Crippen MR) is 78.8 cm³/mol. The van der Waals surface area contributed by atoms with Gasteiger partial charge in [0, 0.05) is 19.1 Å². The lowest BCUT2D eigenvalue weighted by molar-refractivity contribution is -0.129. The molecule has 1 amide bonds. The van der Waals surface area contributed by atoms with Gasteiger partial charge in [-0.1, -0.05) is 0 Å². The lowest BCUT2D eigenvalue weighted by Gasteiger charge is -2.25. The fourth-order valence-corrected chi connectivity index (χ4v) is 2.67. The van der Waals surface area contributed by atoms with Crippen molar-refractivity contribution in [1.29, 1.82) is 0 Å². The molecular weight excluding hydrogens is 273 g/mol. The standard InChI is InChI=1S/C12H23N3O.2ClH/c1-12(5-6-13-9-12)11(16)14-8-10-4-3-7-15(10)2;;/h10,13H,3-9H2,1-2H3,(H,14,16);2*1H. The van der Waals surface area contributed by atoms with Crippen LogP contribution in [-0.4, -0.2) is 50.1 Å². The van der Waals surface area contributed by atoms with Gasteiger partial charge in [0.25, 0.3) is 0 Å². The number of nitrogens with one attached hydrogen (secondary N) is 2. The Morgan fingerprint density at radius 2 is 2.22 bits per heavy atom. The van der Waals surface area contributed by atoms with Crippen LogP contribution in [0.4, 0.5) is 0 Å². The molecule has 0 aromatic heterocycles. The van der Waals surface area contributed by atoms with Gasteiger partial charge in [-0.3, -0.25) is 4.79 Å². The van der Waals surface area contributed by atoms with Gasteiger partial charge >= 0.3 is 0 Å². The molecule has 18 heavy (non-hydrogen) atoms. The molecule has 2 unspecified atom stereocenters. The fraction of sp³-hybridized carbons (Fsp3) is 0.917. The van der Waals surface area contributed by atoms with Crippen molar-refractivity contribution < 1.29 is 4.79 Å². The maximum Gasteiger partial charge on any atom is 0.227 e. The highest BCUT2D eigenvalue weighted by Gasteiger charge is 2.36. The van der Waals surface area contributed by atoms with E-state index in [0.29, 0.717) is 6.04 Å². The first-order valence-corrected chi connectivity index (χ1v) is 6.31. The van der Waals surface area contributed by atoms with Crippen LogP contribution in [0, 0.1) is 5.41 Å². The number of amides is 1. The third kappa shape index (κ3) is 3.98. The Balaban J connectivity index is 0.00000144. The van der Waals surface area contributed by atoms with Crippen LogP contribution in [0.25, 0.3) is 0 Å². The number of rotatable bonds is 3. The van der Waals surface area contributed by atoms with E-state index < -0.39 is 0 Å². The summed E-state index contributed by atoms with van der Waals surface area (Å²) in [5, 5.41) is 6.38. The van der Waals surface area contributed by atoms with Crippen LogP contribution in [0.5, 0.6) is 0 Å². The SMILES string of the molecule is CN1CCCC1CNC(=O)C1(C)CCNC1.Cl.Cl. The zero-order chi connectivity index (χ0) is 11.6. The van der Waals surface area contributed by atoms with Crippen LogP contribution in [0.3, 0.4) is 0 Å². The Bertz CT molecular complexity index is 270. The highest BCUT2D eigenvalue weighted by Crippen LogP contribution is 2.24. The molecule has 2 aliphatic rings. The van der Waals surface area contributed by atoms with E-state index in [9.17, 15) is 4.79 Å². The van der Waals surface area contributed by atoms with Gasteiger partial charge in [-0.05, 0) is 46.3 Å². The van der Waals surface area contributed by atoms with Crippen molar-refractivity contribution in [2.45, 2.75) is 32.2 Å². The first kappa shape index (κ1) is 18.0. The van der Waals surface area contributed by atoms with E-state index in [1.54, 1.807) is 0 Å². The molecule has 2 saturated heterocycles. The lowest BCUT2D eigenvalue weighted by Crippen LogP contribution is -2.45. The van der Waals surface area contributed by atoms with Gasteiger partial charge in [0.15, 0.2) is 0 Å². The first-order chi connectivity index (χ1) is 7.62. The Morgan fingerprint density at radius 3 is 2.72 bits per heavy atom. The molecule has 0 radical (unpaired) electrons. The molecule has 0 aromatic rings. The lowest BCUT2D eigenvalue weighted by atomic mass is 9.89. The molecule has 0 aliphatic carbocycles. The molecule has 2 N–H and O–H groups in total. The maximum absolute atomic E-state index is 12.1. The summed E-state index contributed by atoms with van der Waals surface area (Å²) in [5.41, 5.74) is -0.183. The highest BCUT2D eigenvalue weighted by molar-refractivity contribution is 5.85. The number of carbonyl (C=O) groups is 1. The zero-order valence-electron chi connectivity index (χ0n) is 11.2. The molecule has 2 atom stereocenters. The second kappa shape index (κ2) is 7.53. The first-order valence-electron chi connectivity index (χ1n) is 6.31. The van der Waals surface area contributed by atoms with Crippen LogP contribution < -0.4 is 10.6 Å². The molecule has 6 heteroatoms. The van der Waals surface area contributed by atoms with Gasteiger partial charge in [-0.15, -0.1) is 24.8 Å². The van der Waals surface area contributed by atoms with Crippen molar-refractivity contribution >= 4 is 30.7 Å². The number of likely N-dealkylation sites (tertiary alicyclic amines) is 1. The van der Waals surface area contributed by atoms with E-state index in [0.717, 1.165) is 26.1 Å². The summed E-state index contributed by atoms with van der Waals surface area (Å²) in [5.74, 6) is 0.220. The normalized spacial score (nSPS) is 31.6. The average molecular weight is 298 g/mol. The monoisotopic (exact) mass is 297 g/mol. The number of halogens is 2. The van der Waals surface area contributed by atoms with Gasteiger partial charge in [0.2, 0.25) is 5.91 Å². The number of nitrogens with zero attached hydrogens (tertiary/aromatic N) is 1. The van der Waals surface area contributed by atoms with Crippen molar-refractivity contribution in [1.82, 2.24) is 15.5 Å². The number of likely N-dealkylation sites (N-methyl/N-ethyl adjacent to an activating group) is 1. The Morgan fingerprint density at radius 1 is 1.50 bits per heavy atom. The van der Waals surface area contributed by atoms with E-state index in [4.69, 9.17) is 0 Å². The summed E-state index contributed by atoms with van der Waals surface area (Å²) >= 11 is 0. The molecule has 2 rings (SSSR count). The summed E-state index contributed by atoms with van der Waals surface area (Å²) < 4.78 is 0.